The molecule has 0 bridgehead atoms. The Morgan fingerprint density at radius 3 is 2.75 bits per heavy atom. The predicted octanol–water partition coefficient (Wildman–Crippen LogP) is 3.62. The Kier molecular flexibility index (Phi) is 5.92. The summed E-state index contributed by atoms with van der Waals surface area (Å²) in [5.41, 5.74) is 0.977. The molecule has 0 fully saturated rings. The maximum atomic E-state index is 4.57. The molecule has 1 aromatic heterocycles. The Morgan fingerprint density at radius 2 is 1.95 bits per heavy atom. The van der Waals surface area contributed by atoms with E-state index in [9.17, 15) is 0 Å². The summed E-state index contributed by atoms with van der Waals surface area (Å²) in [6, 6.07) is 8.12. The zero-order valence-electron chi connectivity index (χ0n) is 12.1. The van der Waals surface area contributed by atoms with Gasteiger partial charge in [0, 0.05) is 18.5 Å². The zero-order valence-corrected chi connectivity index (χ0v) is 13.0. The first-order valence-corrected chi connectivity index (χ1v) is 8.48. The second-order valence-corrected chi connectivity index (χ2v) is 5.56. The minimum Gasteiger partial charge on any atom is -0.369 e. The van der Waals surface area contributed by atoms with Crippen LogP contribution in [0.1, 0.15) is 19.8 Å². The molecule has 0 amide bonds. The zero-order chi connectivity index (χ0) is 14.2. The fourth-order valence-corrected chi connectivity index (χ4v) is 2.52. The van der Waals surface area contributed by atoms with E-state index < -0.39 is 0 Å². The Balaban J connectivity index is 2.12. The number of rotatable bonds is 8. The van der Waals surface area contributed by atoms with Crippen LogP contribution in [0.25, 0.3) is 10.9 Å². The molecule has 2 N–H and O–H groups in total. The molecule has 4 nitrogen and oxygen atoms in total. The van der Waals surface area contributed by atoms with Crippen molar-refractivity contribution < 1.29 is 0 Å². The molecule has 2 rings (SSSR count). The van der Waals surface area contributed by atoms with Crippen LogP contribution in [0.15, 0.2) is 24.3 Å². The van der Waals surface area contributed by atoms with Crippen LogP contribution in [0.4, 0.5) is 11.8 Å². The van der Waals surface area contributed by atoms with Crippen LogP contribution >= 0.6 is 11.8 Å². The molecule has 1 heterocycles. The van der Waals surface area contributed by atoms with Crippen molar-refractivity contribution in [2.24, 2.45) is 0 Å². The van der Waals surface area contributed by atoms with Gasteiger partial charge in [-0.3, -0.25) is 0 Å². The van der Waals surface area contributed by atoms with Gasteiger partial charge in [0.2, 0.25) is 5.95 Å². The predicted molar refractivity (Wildman–Crippen MR) is 89.8 cm³/mol. The molecule has 20 heavy (non-hydrogen) atoms. The van der Waals surface area contributed by atoms with E-state index in [1.807, 2.05) is 36.9 Å². The summed E-state index contributed by atoms with van der Waals surface area (Å²) in [4.78, 5) is 9.09. The third-order valence-electron chi connectivity index (χ3n) is 3.01. The van der Waals surface area contributed by atoms with Crippen LogP contribution in [0, 0.1) is 0 Å². The van der Waals surface area contributed by atoms with Gasteiger partial charge in [0.25, 0.3) is 0 Å². The molecule has 0 aliphatic carbocycles. The highest BCUT2D eigenvalue weighted by Gasteiger charge is 2.06. The number of nitrogens with zero attached hydrogens (tertiary/aromatic N) is 2. The van der Waals surface area contributed by atoms with Crippen molar-refractivity contribution in [3.8, 4) is 0 Å². The van der Waals surface area contributed by atoms with E-state index in [4.69, 9.17) is 0 Å². The number of thioether (sulfide) groups is 1. The summed E-state index contributed by atoms with van der Waals surface area (Å²) >= 11 is 1.90. The minimum absolute atomic E-state index is 0.692. The number of aromatic nitrogens is 2. The number of unbranched alkanes of at least 4 members (excludes halogenated alkanes) is 1. The first-order chi connectivity index (χ1) is 9.85. The van der Waals surface area contributed by atoms with E-state index in [-0.39, 0.29) is 0 Å². The molecule has 1 aromatic carbocycles. The second kappa shape index (κ2) is 7.94. The lowest BCUT2D eigenvalue weighted by molar-refractivity contribution is 0.840. The largest absolute Gasteiger partial charge is 0.369 e. The molecular formula is C15H22N4S. The highest BCUT2D eigenvalue weighted by Crippen LogP contribution is 2.21. The first-order valence-electron chi connectivity index (χ1n) is 7.08. The standard InChI is InChI=1S/C15H22N4S/c1-3-16-15-18-13-9-5-4-8-12(13)14(19-15)17-10-6-7-11-20-2/h4-5,8-9H,3,6-7,10-11H2,1-2H3,(H2,16,17,18,19). The van der Waals surface area contributed by atoms with Crippen LogP contribution in [-0.2, 0) is 0 Å². The van der Waals surface area contributed by atoms with E-state index in [0.717, 1.165) is 36.2 Å². The van der Waals surface area contributed by atoms with E-state index in [0.29, 0.717) is 5.95 Å². The summed E-state index contributed by atoms with van der Waals surface area (Å²) < 4.78 is 0. The van der Waals surface area contributed by atoms with E-state index in [2.05, 4.69) is 32.9 Å². The Hall–Kier alpha value is -1.49. The molecule has 2 aromatic rings. The lowest BCUT2D eigenvalue weighted by Gasteiger charge is -2.11. The number of anilines is 2. The van der Waals surface area contributed by atoms with Crippen LogP contribution in [0.5, 0.6) is 0 Å². The van der Waals surface area contributed by atoms with Crippen molar-refractivity contribution in [3.63, 3.8) is 0 Å². The molecular weight excluding hydrogens is 268 g/mol. The van der Waals surface area contributed by atoms with Crippen molar-refractivity contribution in [1.82, 2.24) is 9.97 Å². The molecule has 0 aliphatic rings. The number of fused-ring (bicyclic) bond motifs is 1. The van der Waals surface area contributed by atoms with Gasteiger partial charge >= 0.3 is 0 Å². The van der Waals surface area contributed by atoms with Gasteiger partial charge in [-0.15, -0.1) is 0 Å². The Bertz CT molecular complexity index is 544. The van der Waals surface area contributed by atoms with Gasteiger partial charge in [-0.1, -0.05) is 12.1 Å². The van der Waals surface area contributed by atoms with E-state index in [1.165, 1.54) is 12.2 Å². The van der Waals surface area contributed by atoms with Crippen molar-refractivity contribution in [2.75, 3.05) is 35.7 Å². The van der Waals surface area contributed by atoms with Gasteiger partial charge in [0.1, 0.15) is 5.82 Å². The van der Waals surface area contributed by atoms with Crippen molar-refractivity contribution in [1.29, 1.82) is 0 Å². The van der Waals surface area contributed by atoms with Gasteiger partial charge < -0.3 is 10.6 Å². The summed E-state index contributed by atoms with van der Waals surface area (Å²) in [6.45, 7) is 3.83. The number of nitrogens with one attached hydrogen (secondary N) is 2. The summed E-state index contributed by atoms with van der Waals surface area (Å²) in [5, 5.41) is 7.71. The van der Waals surface area contributed by atoms with Gasteiger partial charge in [0.15, 0.2) is 0 Å². The fourth-order valence-electron chi connectivity index (χ4n) is 2.03. The molecule has 0 radical (unpaired) electrons. The van der Waals surface area contributed by atoms with Gasteiger partial charge in [0.05, 0.1) is 5.52 Å². The Morgan fingerprint density at radius 1 is 1.10 bits per heavy atom. The molecule has 5 heteroatoms. The topological polar surface area (TPSA) is 49.8 Å². The summed E-state index contributed by atoms with van der Waals surface area (Å²) in [5.74, 6) is 2.84. The van der Waals surface area contributed by atoms with E-state index in [1.54, 1.807) is 0 Å². The molecule has 0 saturated carbocycles. The van der Waals surface area contributed by atoms with E-state index >= 15 is 0 Å². The number of hydrogen-bond donors (Lipinski definition) is 2. The summed E-state index contributed by atoms with van der Waals surface area (Å²) in [7, 11) is 0. The van der Waals surface area contributed by atoms with Crippen molar-refractivity contribution in [2.45, 2.75) is 19.8 Å². The lowest BCUT2D eigenvalue weighted by atomic mass is 10.2. The third-order valence-corrected chi connectivity index (χ3v) is 3.70. The summed E-state index contributed by atoms with van der Waals surface area (Å²) in [6.07, 6.45) is 4.54. The van der Waals surface area contributed by atoms with Crippen LogP contribution < -0.4 is 10.6 Å². The third kappa shape index (κ3) is 4.00. The highest BCUT2D eigenvalue weighted by molar-refractivity contribution is 7.98. The maximum Gasteiger partial charge on any atom is 0.225 e. The maximum absolute atomic E-state index is 4.57. The highest BCUT2D eigenvalue weighted by atomic mass is 32.2. The normalized spacial score (nSPS) is 10.7. The van der Waals surface area contributed by atoms with Gasteiger partial charge in [-0.05, 0) is 43.9 Å². The molecule has 0 unspecified atom stereocenters. The van der Waals surface area contributed by atoms with Crippen molar-refractivity contribution >= 4 is 34.4 Å². The smallest absolute Gasteiger partial charge is 0.225 e. The quantitative estimate of drug-likeness (QED) is 0.727. The number of hydrogen-bond acceptors (Lipinski definition) is 5. The molecule has 108 valence electrons. The van der Waals surface area contributed by atoms with Crippen LogP contribution in [-0.4, -0.2) is 35.1 Å². The Labute approximate surface area is 124 Å². The average Bonchev–Trinajstić information content (AvgIpc) is 2.47. The average molecular weight is 290 g/mol. The number of para-hydroxylation sites is 1. The van der Waals surface area contributed by atoms with Crippen LogP contribution in [0.3, 0.4) is 0 Å². The SMILES string of the molecule is CCNc1nc(NCCCCSC)c2ccccc2n1. The monoisotopic (exact) mass is 290 g/mol. The second-order valence-electron chi connectivity index (χ2n) is 4.57. The van der Waals surface area contributed by atoms with Crippen LogP contribution in [0.2, 0.25) is 0 Å². The lowest BCUT2D eigenvalue weighted by Crippen LogP contribution is -2.08. The number of benzene rings is 1. The fraction of sp³-hybridized carbons (Fsp3) is 0.467. The molecule has 0 atom stereocenters. The van der Waals surface area contributed by atoms with Gasteiger partial charge in [-0.2, -0.15) is 16.7 Å². The molecule has 0 aliphatic heterocycles. The minimum atomic E-state index is 0.692. The molecule has 0 spiro atoms. The molecule has 0 saturated heterocycles. The van der Waals surface area contributed by atoms with Gasteiger partial charge in [-0.25, -0.2) is 4.98 Å². The first kappa shape index (κ1) is 14.9. The van der Waals surface area contributed by atoms with Crippen molar-refractivity contribution in [3.05, 3.63) is 24.3 Å².